The van der Waals surface area contributed by atoms with Gasteiger partial charge in [-0.25, -0.2) is 31.1 Å². The van der Waals surface area contributed by atoms with E-state index in [1.807, 2.05) is 4.72 Å². The molecule has 1 saturated heterocycles. The number of hydrogen-bond donors (Lipinski definition) is 1. The molecule has 6 nitrogen and oxygen atoms in total. The van der Waals surface area contributed by atoms with Crippen LogP contribution in [0.2, 0.25) is 0 Å². The molecule has 186 valence electrons. The molecule has 0 aliphatic carbocycles. The van der Waals surface area contributed by atoms with Crippen molar-refractivity contribution in [2.45, 2.75) is 57.7 Å². The van der Waals surface area contributed by atoms with E-state index in [-0.39, 0.29) is 17.5 Å². The van der Waals surface area contributed by atoms with Crippen LogP contribution in [0.25, 0.3) is 11.1 Å². The van der Waals surface area contributed by atoms with E-state index in [4.69, 9.17) is 4.74 Å². The molecule has 3 rings (SSSR count). The van der Waals surface area contributed by atoms with Crippen LogP contribution in [0.5, 0.6) is 0 Å². The first kappa shape index (κ1) is 26.0. The van der Waals surface area contributed by atoms with Crippen LogP contribution in [0.4, 0.5) is 18.0 Å². The summed E-state index contributed by atoms with van der Waals surface area (Å²) in [7, 11) is -4.05. The fraction of sp³-hybridized carbons (Fsp3) is 0.458. The molecule has 2 aromatic rings. The van der Waals surface area contributed by atoms with Crippen molar-refractivity contribution in [2.75, 3.05) is 12.3 Å². The predicted octanol–water partition coefficient (Wildman–Crippen LogP) is 4.60. The highest BCUT2D eigenvalue weighted by Crippen LogP contribution is 2.37. The highest BCUT2D eigenvalue weighted by Gasteiger charge is 2.57. The minimum atomic E-state index is -4.05. The van der Waals surface area contributed by atoms with Gasteiger partial charge in [-0.1, -0.05) is 48.5 Å². The second-order valence-electron chi connectivity index (χ2n) is 9.28. The largest absolute Gasteiger partial charge is 0.444 e. The smallest absolute Gasteiger partial charge is 0.410 e. The maximum Gasteiger partial charge on any atom is 0.410 e. The summed E-state index contributed by atoms with van der Waals surface area (Å²) in [5, 5.41) is 0. The van der Waals surface area contributed by atoms with Gasteiger partial charge in [-0.2, -0.15) is 0 Å². The summed E-state index contributed by atoms with van der Waals surface area (Å²) < 4.78 is 77.3. The molecule has 0 unspecified atom stereocenters. The lowest BCUT2D eigenvalue weighted by Crippen LogP contribution is -2.53. The zero-order valence-electron chi connectivity index (χ0n) is 19.5. The number of nitrogens with zero attached hydrogens (tertiary/aromatic N) is 1. The minimum Gasteiger partial charge on any atom is -0.444 e. The molecule has 0 saturated carbocycles. The predicted molar refractivity (Wildman–Crippen MR) is 124 cm³/mol. The van der Waals surface area contributed by atoms with Crippen LogP contribution in [0.3, 0.4) is 0 Å². The maximum atomic E-state index is 15.5. The summed E-state index contributed by atoms with van der Waals surface area (Å²) in [5.41, 5.74) is -0.00217. The summed E-state index contributed by atoms with van der Waals surface area (Å²) >= 11 is 0. The molecule has 0 radical (unpaired) electrons. The first-order valence-corrected chi connectivity index (χ1v) is 12.6. The second-order valence-corrected chi connectivity index (χ2v) is 11.3. The van der Waals surface area contributed by atoms with Crippen LogP contribution < -0.4 is 4.72 Å². The number of alkyl halides is 2. The van der Waals surface area contributed by atoms with Crippen molar-refractivity contribution in [3.63, 3.8) is 0 Å². The van der Waals surface area contributed by atoms with Gasteiger partial charge in [-0.05, 0) is 45.2 Å². The monoisotopic (exact) mass is 498 g/mol. The van der Waals surface area contributed by atoms with Crippen molar-refractivity contribution in [3.05, 3.63) is 59.9 Å². The molecule has 1 aliphatic rings. The molecule has 1 fully saturated rings. The van der Waals surface area contributed by atoms with Crippen molar-refractivity contribution in [1.82, 2.24) is 9.62 Å². The van der Waals surface area contributed by atoms with Crippen LogP contribution in [-0.2, 0) is 21.2 Å². The van der Waals surface area contributed by atoms with Gasteiger partial charge in [0.05, 0.1) is 18.3 Å². The lowest BCUT2D eigenvalue weighted by atomic mass is 9.95. The summed E-state index contributed by atoms with van der Waals surface area (Å²) in [6.45, 7) is 5.04. The summed E-state index contributed by atoms with van der Waals surface area (Å²) in [6.07, 6.45) is -1.35. The average molecular weight is 499 g/mol. The number of likely N-dealkylation sites (tertiary alicyclic amines) is 1. The number of carbonyl (C=O) groups is 1. The fourth-order valence-electron chi connectivity index (χ4n) is 3.90. The topological polar surface area (TPSA) is 75.7 Å². The van der Waals surface area contributed by atoms with Gasteiger partial charge in [0.15, 0.2) is 0 Å². The van der Waals surface area contributed by atoms with Gasteiger partial charge in [0.2, 0.25) is 10.0 Å². The van der Waals surface area contributed by atoms with Crippen LogP contribution in [0.15, 0.2) is 48.5 Å². The van der Waals surface area contributed by atoms with E-state index < -0.39 is 57.8 Å². The molecule has 1 N–H and O–H groups in total. The average Bonchev–Trinajstić information content (AvgIpc) is 2.99. The van der Waals surface area contributed by atoms with E-state index in [0.717, 1.165) is 4.90 Å². The van der Waals surface area contributed by atoms with E-state index in [1.165, 1.54) is 13.0 Å². The number of carbonyl (C=O) groups excluding carboxylic acids is 1. The van der Waals surface area contributed by atoms with Crippen molar-refractivity contribution in [2.24, 2.45) is 0 Å². The van der Waals surface area contributed by atoms with Gasteiger partial charge in [0.1, 0.15) is 17.5 Å². The highest BCUT2D eigenvalue weighted by molar-refractivity contribution is 7.89. The maximum absolute atomic E-state index is 15.5. The third kappa shape index (κ3) is 5.90. The lowest BCUT2D eigenvalue weighted by molar-refractivity contribution is -0.0122. The zero-order valence-corrected chi connectivity index (χ0v) is 20.3. The number of benzene rings is 2. The van der Waals surface area contributed by atoms with E-state index >= 15 is 13.2 Å². The third-order valence-corrected chi connectivity index (χ3v) is 6.90. The second kappa shape index (κ2) is 9.58. The molecule has 0 spiro atoms. The number of hydrogen-bond acceptors (Lipinski definition) is 4. The first-order chi connectivity index (χ1) is 15.7. The Kier molecular flexibility index (Phi) is 7.33. The van der Waals surface area contributed by atoms with E-state index in [9.17, 15) is 13.2 Å². The molecule has 10 heteroatoms. The number of amides is 1. The van der Waals surface area contributed by atoms with Gasteiger partial charge < -0.3 is 4.74 Å². The van der Waals surface area contributed by atoms with Gasteiger partial charge in [-0.15, -0.1) is 0 Å². The zero-order chi connectivity index (χ0) is 25.3. The lowest BCUT2D eigenvalue weighted by Gasteiger charge is -2.30. The van der Waals surface area contributed by atoms with Crippen LogP contribution >= 0.6 is 0 Å². The Labute approximate surface area is 198 Å². The molecule has 2 atom stereocenters. The fourth-order valence-corrected chi connectivity index (χ4v) is 4.78. The van der Waals surface area contributed by atoms with Crippen molar-refractivity contribution >= 4 is 16.1 Å². The Morgan fingerprint density at radius 3 is 2.38 bits per heavy atom. The van der Waals surface area contributed by atoms with Crippen LogP contribution in [-0.4, -0.2) is 55.3 Å². The molecule has 34 heavy (non-hydrogen) atoms. The Hall–Kier alpha value is -2.59. The number of ether oxygens (including phenoxy) is 1. The summed E-state index contributed by atoms with van der Waals surface area (Å²) in [6, 6.07) is 10.0. The van der Waals surface area contributed by atoms with E-state index in [1.54, 1.807) is 63.2 Å². The van der Waals surface area contributed by atoms with Gasteiger partial charge in [0, 0.05) is 5.56 Å². The SMILES string of the molecule is CCS(=O)(=O)N[C@@H]1[C@H](Cc2cccc(-c3ccccc3)c2F)N(C(=O)OC(C)(C)C)CC1(F)F. The number of rotatable bonds is 6. The van der Waals surface area contributed by atoms with Crippen LogP contribution in [0, 0.1) is 5.82 Å². The quantitative estimate of drug-likeness (QED) is 0.632. The molecule has 2 aromatic carbocycles. The van der Waals surface area contributed by atoms with Crippen molar-refractivity contribution < 1.29 is 31.1 Å². The van der Waals surface area contributed by atoms with E-state index in [0.29, 0.717) is 5.56 Å². The number of halogens is 3. The summed E-state index contributed by atoms with van der Waals surface area (Å²) in [4.78, 5) is 13.6. The first-order valence-electron chi connectivity index (χ1n) is 10.9. The highest BCUT2D eigenvalue weighted by atomic mass is 32.2. The molecule has 1 heterocycles. The van der Waals surface area contributed by atoms with Crippen LogP contribution in [0.1, 0.15) is 33.3 Å². The van der Waals surface area contributed by atoms with Gasteiger partial charge >= 0.3 is 6.09 Å². The summed E-state index contributed by atoms with van der Waals surface area (Å²) in [5.74, 6) is -4.63. The van der Waals surface area contributed by atoms with Crippen molar-refractivity contribution in [3.8, 4) is 11.1 Å². The molecular formula is C24H29F3N2O4S. The van der Waals surface area contributed by atoms with Gasteiger partial charge in [0.25, 0.3) is 5.92 Å². The van der Waals surface area contributed by atoms with Crippen molar-refractivity contribution in [1.29, 1.82) is 0 Å². The Morgan fingerprint density at radius 2 is 1.79 bits per heavy atom. The molecular weight excluding hydrogens is 469 g/mol. The molecule has 0 aromatic heterocycles. The normalized spacial score (nSPS) is 20.4. The minimum absolute atomic E-state index is 0.0818. The number of sulfonamides is 1. The third-order valence-electron chi connectivity index (χ3n) is 5.53. The Bertz CT molecular complexity index is 1130. The van der Waals surface area contributed by atoms with Gasteiger partial charge in [-0.3, -0.25) is 4.90 Å². The van der Waals surface area contributed by atoms with E-state index in [2.05, 4.69) is 0 Å². The Morgan fingerprint density at radius 1 is 1.15 bits per heavy atom. The molecule has 1 amide bonds. The number of nitrogens with one attached hydrogen (secondary N) is 1. The standard InChI is InChI=1S/C24H29F3N2O4S/c1-5-34(31,32)28-21-19(29(15-24(21,26)27)22(30)33-23(2,3)4)14-17-12-9-13-18(20(17)25)16-10-7-6-8-11-16/h6-13,19,21,28H,5,14-15H2,1-4H3/t19-,21+/m0/s1. The Balaban J connectivity index is 2.03. The molecule has 0 bridgehead atoms. The molecule has 1 aliphatic heterocycles.